The molecule has 4 nitrogen and oxygen atoms in total. The minimum absolute atomic E-state index is 0.188. The highest BCUT2D eigenvalue weighted by atomic mass is 35.5. The Balaban J connectivity index is 1.57. The molecule has 2 N–H and O–H groups in total. The molecule has 0 spiro atoms. The molecule has 0 radical (unpaired) electrons. The summed E-state index contributed by atoms with van der Waals surface area (Å²) in [5.74, 6) is -0.437. The first-order valence-corrected chi connectivity index (χ1v) is 9.19. The molecule has 0 aliphatic rings. The van der Waals surface area contributed by atoms with Crippen LogP contribution in [0.2, 0.25) is 5.02 Å². The lowest BCUT2D eigenvalue weighted by atomic mass is 10.0. The summed E-state index contributed by atoms with van der Waals surface area (Å²) < 4.78 is 0. The number of carbonyl (C=O) groups excluding carboxylic acids is 2. The zero-order valence-electron chi connectivity index (χ0n) is 15.0. The molecule has 0 saturated carbocycles. The van der Waals surface area contributed by atoms with Crippen molar-refractivity contribution in [2.75, 3.05) is 0 Å². The average molecular weight is 381 g/mol. The second-order valence-electron chi connectivity index (χ2n) is 6.41. The molecule has 0 aliphatic heterocycles. The molecular weight excluding hydrogens is 360 g/mol. The van der Waals surface area contributed by atoms with Crippen LogP contribution in [0.4, 0.5) is 0 Å². The van der Waals surface area contributed by atoms with Crippen molar-refractivity contribution in [3.63, 3.8) is 0 Å². The Morgan fingerprint density at radius 3 is 2.41 bits per heavy atom. The van der Waals surface area contributed by atoms with Gasteiger partial charge in [0, 0.05) is 11.6 Å². The summed E-state index contributed by atoms with van der Waals surface area (Å²) in [6.45, 7) is 1.99. The average Bonchev–Trinajstić information content (AvgIpc) is 2.67. The van der Waals surface area contributed by atoms with Gasteiger partial charge in [0.1, 0.15) is 6.04 Å². The number of fused-ring (bicyclic) bond motifs is 1. The molecule has 2 amide bonds. The number of benzene rings is 3. The standard InChI is InChI=1S/C22H21ClN2O2/c1-15(22(27)24-14-18-8-3-5-12-20(18)23)25-21(26)13-17-10-6-9-16-7-2-4-11-19(16)17/h2-12,15H,13-14H2,1H3,(H,24,27)(H,25,26)/t15-/m0/s1. The van der Waals surface area contributed by atoms with Crippen LogP contribution in [0.1, 0.15) is 18.1 Å². The van der Waals surface area contributed by atoms with Gasteiger partial charge in [-0.1, -0.05) is 72.3 Å². The molecule has 3 aromatic rings. The summed E-state index contributed by atoms with van der Waals surface area (Å²) in [6.07, 6.45) is 0.226. The summed E-state index contributed by atoms with van der Waals surface area (Å²) in [5, 5.41) is 8.30. The minimum Gasteiger partial charge on any atom is -0.350 e. The summed E-state index contributed by atoms with van der Waals surface area (Å²) >= 11 is 6.09. The van der Waals surface area contributed by atoms with Gasteiger partial charge in [-0.25, -0.2) is 0 Å². The third-order valence-electron chi connectivity index (χ3n) is 4.41. The molecule has 0 aliphatic carbocycles. The van der Waals surface area contributed by atoms with Gasteiger partial charge in [0.05, 0.1) is 6.42 Å². The molecule has 1 atom stereocenters. The third kappa shape index (κ3) is 4.86. The van der Waals surface area contributed by atoms with Crippen molar-refractivity contribution < 1.29 is 9.59 Å². The van der Waals surface area contributed by atoms with Crippen molar-refractivity contribution in [2.45, 2.75) is 25.9 Å². The maximum absolute atomic E-state index is 12.4. The SMILES string of the molecule is C[C@H](NC(=O)Cc1cccc2ccccc12)C(=O)NCc1ccccc1Cl. The highest BCUT2D eigenvalue weighted by Gasteiger charge is 2.16. The van der Waals surface area contributed by atoms with E-state index in [1.165, 1.54) is 0 Å². The minimum atomic E-state index is -0.630. The summed E-state index contributed by atoms with van der Waals surface area (Å²) in [6, 6.07) is 20.5. The lowest BCUT2D eigenvalue weighted by Crippen LogP contribution is -2.45. The van der Waals surface area contributed by atoms with Crippen molar-refractivity contribution >= 4 is 34.2 Å². The van der Waals surface area contributed by atoms with Crippen molar-refractivity contribution in [2.24, 2.45) is 0 Å². The Morgan fingerprint density at radius 1 is 0.926 bits per heavy atom. The lowest BCUT2D eigenvalue weighted by Gasteiger charge is -2.15. The highest BCUT2D eigenvalue weighted by Crippen LogP contribution is 2.19. The topological polar surface area (TPSA) is 58.2 Å². The molecule has 3 rings (SSSR count). The normalized spacial score (nSPS) is 11.8. The molecule has 0 fully saturated rings. The molecular formula is C22H21ClN2O2. The van der Waals surface area contributed by atoms with Gasteiger partial charge < -0.3 is 10.6 Å². The van der Waals surface area contributed by atoms with Crippen molar-refractivity contribution in [3.8, 4) is 0 Å². The van der Waals surface area contributed by atoms with Crippen LogP contribution in [-0.2, 0) is 22.6 Å². The van der Waals surface area contributed by atoms with Crippen LogP contribution in [0, 0.1) is 0 Å². The number of hydrogen-bond donors (Lipinski definition) is 2. The van der Waals surface area contributed by atoms with Crippen LogP contribution >= 0.6 is 11.6 Å². The predicted molar refractivity (Wildman–Crippen MR) is 109 cm³/mol. The number of carbonyl (C=O) groups is 2. The Labute approximate surface area is 163 Å². The largest absolute Gasteiger partial charge is 0.350 e. The highest BCUT2D eigenvalue weighted by molar-refractivity contribution is 6.31. The molecule has 0 heterocycles. The van der Waals surface area contributed by atoms with Crippen molar-refractivity contribution in [3.05, 3.63) is 82.9 Å². The lowest BCUT2D eigenvalue weighted by molar-refractivity contribution is -0.128. The smallest absolute Gasteiger partial charge is 0.242 e. The van der Waals surface area contributed by atoms with E-state index in [9.17, 15) is 9.59 Å². The zero-order valence-corrected chi connectivity index (χ0v) is 15.8. The van der Waals surface area contributed by atoms with E-state index < -0.39 is 6.04 Å². The van der Waals surface area contributed by atoms with E-state index in [0.717, 1.165) is 21.9 Å². The summed E-state index contributed by atoms with van der Waals surface area (Å²) in [5.41, 5.74) is 1.77. The van der Waals surface area contributed by atoms with Crippen molar-refractivity contribution in [1.82, 2.24) is 10.6 Å². The number of rotatable bonds is 6. The first-order chi connectivity index (χ1) is 13.0. The Morgan fingerprint density at radius 2 is 1.59 bits per heavy atom. The van der Waals surface area contributed by atoms with E-state index in [0.29, 0.717) is 11.6 Å². The van der Waals surface area contributed by atoms with Crippen LogP contribution in [-0.4, -0.2) is 17.9 Å². The molecule has 138 valence electrons. The number of halogens is 1. The number of nitrogens with one attached hydrogen (secondary N) is 2. The van der Waals surface area contributed by atoms with Gasteiger partial charge in [-0.2, -0.15) is 0 Å². The number of hydrogen-bond acceptors (Lipinski definition) is 2. The van der Waals surface area contributed by atoms with Gasteiger partial charge >= 0.3 is 0 Å². The Kier molecular flexibility index (Phi) is 6.09. The van der Waals surface area contributed by atoms with Crippen LogP contribution in [0.15, 0.2) is 66.7 Å². The van der Waals surface area contributed by atoms with E-state index in [-0.39, 0.29) is 18.2 Å². The first kappa shape index (κ1) is 18.9. The van der Waals surface area contributed by atoms with E-state index in [1.54, 1.807) is 13.0 Å². The monoisotopic (exact) mass is 380 g/mol. The second-order valence-corrected chi connectivity index (χ2v) is 6.82. The summed E-state index contributed by atoms with van der Waals surface area (Å²) in [7, 11) is 0. The van der Waals surface area contributed by atoms with Gasteiger partial charge in [0.2, 0.25) is 11.8 Å². The van der Waals surface area contributed by atoms with Gasteiger partial charge in [-0.05, 0) is 34.9 Å². The zero-order chi connectivity index (χ0) is 19.2. The predicted octanol–water partition coefficient (Wildman–Crippen LogP) is 3.86. The van der Waals surface area contributed by atoms with Gasteiger partial charge in [0.15, 0.2) is 0 Å². The molecule has 0 bridgehead atoms. The fraction of sp³-hybridized carbons (Fsp3) is 0.182. The van der Waals surface area contributed by atoms with E-state index in [2.05, 4.69) is 10.6 Å². The maximum Gasteiger partial charge on any atom is 0.242 e. The van der Waals surface area contributed by atoms with Crippen molar-refractivity contribution in [1.29, 1.82) is 0 Å². The van der Waals surface area contributed by atoms with Gasteiger partial charge in [-0.15, -0.1) is 0 Å². The first-order valence-electron chi connectivity index (χ1n) is 8.81. The molecule has 5 heteroatoms. The Bertz CT molecular complexity index is 966. The van der Waals surface area contributed by atoms with Crippen LogP contribution in [0.3, 0.4) is 0 Å². The fourth-order valence-electron chi connectivity index (χ4n) is 2.95. The van der Waals surface area contributed by atoms with Crippen LogP contribution < -0.4 is 10.6 Å². The van der Waals surface area contributed by atoms with Crippen LogP contribution in [0.5, 0.6) is 0 Å². The van der Waals surface area contributed by atoms with Gasteiger partial charge in [-0.3, -0.25) is 9.59 Å². The van der Waals surface area contributed by atoms with E-state index >= 15 is 0 Å². The number of amides is 2. The molecule has 0 aromatic heterocycles. The Hall–Kier alpha value is -2.85. The molecule has 27 heavy (non-hydrogen) atoms. The summed E-state index contributed by atoms with van der Waals surface area (Å²) in [4.78, 5) is 24.6. The molecule has 0 unspecified atom stereocenters. The molecule has 0 saturated heterocycles. The fourth-order valence-corrected chi connectivity index (χ4v) is 3.16. The molecule has 3 aromatic carbocycles. The van der Waals surface area contributed by atoms with E-state index in [4.69, 9.17) is 11.6 Å². The van der Waals surface area contributed by atoms with Crippen LogP contribution in [0.25, 0.3) is 10.8 Å². The van der Waals surface area contributed by atoms with E-state index in [1.807, 2.05) is 60.7 Å². The van der Waals surface area contributed by atoms with Gasteiger partial charge in [0.25, 0.3) is 0 Å². The second kappa shape index (κ2) is 8.69. The quantitative estimate of drug-likeness (QED) is 0.682. The maximum atomic E-state index is 12.4. The third-order valence-corrected chi connectivity index (χ3v) is 4.78.